The number of carbonyl (C=O) groups is 1. The van der Waals surface area contributed by atoms with Gasteiger partial charge in [-0.3, -0.25) is 4.79 Å². The van der Waals surface area contributed by atoms with Crippen molar-refractivity contribution < 1.29 is 9.90 Å². The van der Waals surface area contributed by atoms with E-state index in [1.165, 1.54) is 0 Å². The summed E-state index contributed by atoms with van der Waals surface area (Å²) in [5, 5.41) is 8.86. The van der Waals surface area contributed by atoms with Crippen LogP contribution in [0.25, 0.3) is 0 Å². The quantitative estimate of drug-likeness (QED) is 0.644. The molecule has 0 aromatic carbocycles. The highest BCUT2D eigenvalue weighted by Gasteiger charge is 2.37. The number of hydrogen-bond donors (Lipinski definition) is 2. The first-order valence-electron chi connectivity index (χ1n) is 3.94. The normalized spacial score (nSPS) is 18.9. The average Bonchev–Trinajstić information content (AvgIpc) is 2.01. The molecule has 0 spiro atoms. The molecule has 2 unspecified atom stereocenters. The van der Waals surface area contributed by atoms with E-state index in [1.807, 2.05) is 20.8 Å². The number of hydrogen-bond acceptors (Lipinski definition) is 2. The minimum absolute atomic E-state index is 0.119. The fraction of sp³-hybridized carbons (Fsp3) is 0.875. The third-order valence-electron chi connectivity index (χ3n) is 2.34. The molecule has 0 rings (SSSR count). The minimum atomic E-state index is -0.839. The van der Waals surface area contributed by atoms with Gasteiger partial charge in [-0.15, -0.1) is 0 Å². The summed E-state index contributed by atoms with van der Waals surface area (Å²) in [5.41, 5.74) is 0. The van der Waals surface area contributed by atoms with Crippen molar-refractivity contribution in [3.63, 3.8) is 0 Å². The van der Waals surface area contributed by atoms with Gasteiger partial charge in [-0.1, -0.05) is 27.2 Å². The zero-order valence-electron chi connectivity index (χ0n) is 7.29. The molecule has 0 radical (unpaired) electrons. The molecule has 2 nitrogen and oxygen atoms in total. The molecular weight excluding hydrogens is 160 g/mol. The van der Waals surface area contributed by atoms with Gasteiger partial charge in [-0.2, -0.15) is 12.6 Å². The van der Waals surface area contributed by atoms with E-state index in [1.54, 1.807) is 0 Å². The van der Waals surface area contributed by atoms with E-state index in [-0.39, 0.29) is 5.92 Å². The van der Waals surface area contributed by atoms with Crippen LogP contribution < -0.4 is 0 Å². The maximum atomic E-state index is 10.8. The summed E-state index contributed by atoms with van der Waals surface area (Å²) in [4.78, 5) is 10.8. The van der Waals surface area contributed by atoms with Crippen LogP contribution in [0.1, 0.15) is 33.6 Å². The van der Waals surface area contributed by atoms with Crippen molar-refractivity contribution in [2.75, 3.05) is 0 Å². The third kappa shape index (κ3) is 2.12. The lowest BCUT2D eigenvalue weighted by atomic mass is 9.88. The fourth-order valence-electron chi connectivity index (χ4n) is 1.05. The molecule has 0 aromatic heterocycles. The molecule has 0 aliphatic carbocycles. The molecule has 2 atom stereocenters. The first-order chi connectivity index (χ1) is 4.99. The topological polar surface area (TPSA) is 37.3 Å². The Hall–Kier alpha value is -0.180. The van der Waals surface area contributed by atoms with E-state index >= 15 is 0 Å². The Labute approximate surface area is 73.4 Å². The first kappa shape index (κ1) is 10.8. The van der Waals surface area contributed by atoms with E-state index in [0.29, 0.717) is 6.42 Å². The number of carboxylic acids is 1. The molecule has 66 valence electrons. The summed E-state index contributed by atoms with van der Waals surface area (Å²) in [5.74, 6) is -0.689. The second-order valence-electron chi connectivity index (χ2n) is 2.89. The highest BCUT2D eigenvalue weighted by atomic mass is 32.1. The van der Waals surface area contributed by atoms with Gasteiger partial charge in [0.2, 0.25) is 0 Å². The maximum Gasteiger partial charge on any atom is 0.319 e. The van der Waals surface area contributed by atoms with Crippen molar-refractivity contribution in [1.82, 2.24) is 0 Å². The summed E-state index contributed by atoms with van der Waals surface area (Å²) in [6.45, 7) is 5.76. The molecule has 0 amide bonds. The largest absolute Gasteiger partial charge is 0.480 e. The SMILES string of the molecule is CCC(C)C(S)(CC)C(=O)O. The zero-order valence-corrected chi connectivity index (χ0v) is 8.19. The van der Waals surface area contributed by atoms with Crippen LogP contribution in [0.15, 0.2) is 0 Å². The van der Waals surface area contributed by atoms with Crippen LogP contribution in [0.2, 0.25) is 0 Å². The van der Waals surface area contributed by atoms with Crippen LogP contribution >= 0.6 is 12.6 Å². The number of thiol groups is 1. The van der Waals surface area contributed by atoms with E-state index in [2.05, 4.69) is 12.6 Å². The molecule has 0 aliphatic rings. The van der Waals surface area contributed by atoms with Gasteiger partial charge in [-0.25, -0.2) is 0 Å². The molecule has 0 heterocycles. The Bertz CT molecular complexity index is 147. The van der Waals surface area contributed by atoms with E-state index in [4.69, 9.17) is 5.11 Å². The highest BCUT2D eigenvalue weighted by molar-refractivity contribution is 7.82. The molecule has 0 bridgehead atoms. The lowest BCUT2D eigenvalue weighted by Crippen LogP contribution is -2.38. The smallest absolute Gasteiger partial charge is 0.319 e. The highest BCUT2D eigenvalue weighted by Crippen LogP contribution is 2.30. The maximum absolute atomic E-state index is 10.8. The van der Waals surface area contributed by atoms with Gasteiger partial charge in [0, 0.05) is 0 Å². The fourth-order valence-corrected chi connectivity index (χ4v) is 1.23. The Kier molecular flexibility index (Phi) is 3.93. The molecular formula is C8H16O2S. The molecule has 1 N–H and O–H groups in total. The summed E-state index contributed by atoms with van der Waals surface area (Å²) < 4.78 is -0.839. The Morgan fingerprint density at radius 2 is 2.09 bits per heavy atom. The van der Waals surface area contributed by atoms with Gasteiger partial charge in [0.1, 0.15) is 4.75 Å². The predicted octanol–water partition coefficient (Wildman–Crippen LogP) is 2.20. The van der Waals surface area contributed by atoms with Gasteiger partial charge in [0.25, 0.3) is 0 Å². The minimum Gasteiger partial charge on any atom is -0.480 e. The molecule has 0 saturated heterocycles. The average molecular weight is 176 g/mol. The standard InChI is InChI=1S/C8H16O2S/c1-4-6(3)8(11,5-2)7(9)10/h6,11H,4-5H2,1-3H3,(H,9,10). The van der Waals surface area contributed by atoms with Crippen molar-refractivity contribution in [3.05, 3.63) is 0 Å². The summed E-state index contributed by atoms with van der Waals surface area (Å²) in [6, 6.07) is 0. The van der Waals surface area contributed by atoms with Gasteiger partial charge < -0.3 is 5.11 Å². The lowest BCUT2D eigenvalue weighted by Gasteiger charge is -2.28. The summed E-state index contributed by atoms with van der Waals surface area (Å²) >= 11 is 4.19. The van der Waals surface area contributed by atoms with Crippen LogP contribution in [-0.2, 0) is 4.79 Å². The van der Waals surface area contributed by atoms with Gasteiger partial charge in [0.05, 0.1) is 0 Å². The number of rotatable bonds is 4. The van der Waals surface area contributed by atoms with Gasteiger partial charge >= 0.3 is 5.97 Å². The van der Waals surface area contributed by atoms with Crippen LogP contribution in [0.5, 0.6) is 0 Å². The number of aliphatic carboxylic acids is 1. The Morgan fingerprint density at radius 3 is 2.18 bits per heavy atom. The summed E-state index contributed by atoms with van der Waals surface area (Å²) in [6.07, 6.45) is 1.42. The van der Waals surface area contributed by atoms with Gasteiger partial charge in [-0.05, 0) is 12.3 Å². The van der Waals surface area contributed by atoms with Crippen LogP contribution in [-0.4, -0.2) is 15.8 Å². The molecule has 0 aromatic rings. The predicted molar refractivity (Wildman–Crippen MR) is 49.1 cm³/mol. The molecule has 0 fully saturated rings. The lowest BCUT2D eigenvalue weighted by molar-refractivity contribution is -0.141. The van der Waals surface area contributed by atoms with E-state index < -0.39 is 10.7 Å². The van der Waals surface area contributed by atoms with Crippen molar-refractivity contribution in [3.8, 4) is 0 Å². The van der Waals surface area contributed by atoms with Crippen molar-refractivity contribution >= 4 is 18.6 Å². The van der Waals surface area contributed by atoms with E-state index in [9.17, 15) is 4.79 Å². The molecule has 0 aliphatic heterocycles. The number of carboxylic acid groups (broad SMARTS) is 1. The van der Waals surface area contributed by atoms with Crippen LogP contribution in [0.4, 0.5) is 0 Å². The first-order valence-corrected chi connectivity index (χ1v) is 4.39. The third-order valence-corrected chi connectivity index (χ3v) is 3.29. The molecule has 11 heavy (non-hydrogen) atoms. The molecule has 0 saturated carbocycles. The zero-order chi connectivity index (χ0) is 9.07. The van der Waals surface area contributed by atoms with Crippen molar-refractivity contribution in [1.29, 1.82) is 0 Å². The molecule has 3 heteroatoms. The second-order valence-corrected chi connectivity index (χ2v) is 3.69. The monoisotopic (exact) mass is 176 g/mol. The van der Waals surface area contributed by atoms with Crippen LogP contribution in [0, 0.1) is 5.92 Å². The summed E-state index contributed by atoms with van der Waals surface area (Å²) in [7, 11) is 0. The Balaban J connectivity index is 4.45. The van der Waals surface area contributed by atoms with Crippen LogP contribution in [0.3, 0.4) is 0 Å². The van der Waals surface area contributed by atoms with Crippen molar-refractivity contribution in [2.45, 2.75) is 38.4 Å². The second kappa shape index (κ2) is 4.00. The van der Waals surface area contributed by atoms with E-state index in [0.717, 1.165) is 6.42 Å². The van der Waals surface area contributed by atoms with Crippen molar-refractivity contribution in [2.24, 2.45) is 5.92 Å². The Morgan fingerprint density at radius 1 is 1.64 bits per heavy atom. The van der Waals surface area contributed by atoms with Gasteiger partial charge in [0.15, 0.2) is 0 Å².